The van der Waals surface area contributed by atoms with Crippen LogP contribution in [0.4, 0.5) is 0 Å². The average molecular weight is 406 g/mol. The monoisotopic (exact) mass is 405 g/mol. The van der Waals surface area contributed by atoms with E-state index in [4.69, 9.17) is 21.1 Å². The van der Waals surface area contributed by atoms with E-state index in [1.807, 2.05) is 19.1 Å². The van der Waals surface area contributed by atoms with Crippen LogP contribution in [0.15, 0.2) is 30.3 Å². The summed E-state index contributed by atoms with van der Waals surface area (Å²) in [7, 11) is 1.53. The fourth-order valence-electron chi connectivity index (χ4n) is 3.04. The van der Waals surface area contributed by atoms with Crippen LogP contribution in [0.3, 0.4) is 0 Å². The Balaban J connectivity index is 1.78. The summed E-state index contributed by atoms with van der Waals surface area (Å²) in [6.45, 7) is 3.13. The van der Waals surface area contributed by atoms with Crippen molar-refractivity contribution in [3.05, 3.63) is 52.3 Å². The number of ether oxygens (including phenoxy) is 2. The SMILES string of the molecule is CNC(=O)c1[nH]c(C(=O)NC2CCOCC2)cc1OC(C)c1ccc(Cl)cc1. The van der Waals surface area contributed by atoms with Crippen molar-refractivity contribution in [2.75, 3.05) is 20.3 Å². The summed E-state index contributed by atoms with van der Waals surface area (Å²) in [6, 6.07) is 8.90. The van der Waals surface area contributed by atoms with Gasteiger partial charge in [-0.2, -0.15) is 0 Å². The van der Waals surface area contributed by atoms with Gasteiger partial charge in [0.2, 0.25) is 0 Å². The Morgan fingerprint density at radius 1 is 1.21 bits per heavy atom. The van der Waals surface area contributed by atoms with Gasteiger partial charge in [-0.05, 0) is 37.5 Å². The van der Waals surface area contributed by atoms with Crippen LogP contribution in [0.5, 0.6) is 5.75 Å². The summed E-state index contributed by atoms with van der Waals surface area (Å²) < 4.78 is 11.3. The number of hydrogen-bond acceptors (Lipinski definition) is 4. The van der Waals surface area contributed by atoms with E-state index in [1.54, 1.807) is 18.2 Å². The number of benzene rings is 1. The number of carbonyl (C=O) groups is 2. The van der Waals surface area contributed by atoms with Gasteiger partial charge in [-0.3, -0.25) is 9.59 Å². The summed E-state index contributed by atoms with van der Waals surface area (Å²) in [6.07, 6.45) is 1.21. The Morgan fingerprint density at radius 2 is 1.89 bits per heavy atom. The smallest absolute Gasteiger partial charge is 0.271 e. The van der Waals surface area contributed by atoms with Gasteiger partial charge < -0.3 is 25.1 Å². The lowest BCUT2D eigenvalue weighted by Crippen LogP contribution is -2.39. The number of hydrogen-bond donors (Lipinski definition) is 3. The van der Waals surface area contributed by atoms with Crippen molar-refractivity contribution in [3.8, 4) is 5.75 Å². The highest BCUT2D eigenvalue weighted by molar-refractivity contribution is 6.30. The maximum absolute atomic E-state index is 12.6. The van der Waals surface area contributed by atoms with Crippen molar-refractivity contribution in [2.24, 2.45) is 0 Å². The first kappa shape index (κ1) is 20.2. The molecule has 8 heteroatoms. The maximum Gasteiger partial charge on any atom is 0.271 e. The van der Waals surface area contributed by atoms with E-state index < -0.39 is 0 Å². The van der Waals surface area contributed by atoms with E-state index in [9.17, 15) is 9.59 Å². The molecule has 1 aromatic carbocycles. The number of aromatic nitrogens is 1. The molecule has 7 nitrogen and oxygen atoms in total. The zero-order valence-corrected chi connectivity index (χ0v) is 16.6. The fourth-order valence-corrected chi connectivity index (χ4v) is 3.17. The molecule has 2 amide bonds. The average Bonchev–Trinajstić information content (AvgIpc) is 3.12. The van der Waals surface area contributed by atoms with Gasteiger partial charge in [-0.1, -0.05) is 23.7 Å². The molecule has 1 saturated heterocycles. The van der Waals surface area contributed by atoms with Gasteiger partial charge in [-0.15, -0.1) is 0 Å². The molecular formula is C20H24ClN3O4. The minimum Gasteiger partial charge on any atom is -0.484 e. The zero-order valence-electron chi connectivity index (χ0n) is 15.9. The molecule has 1 unspecified atom stereocenters. The number of carbonyl (C=O) groups excluding carboxylic acids is 2. The van der Waals surface area contributed by atoms with Crippen LogP contribution in [-0.2, 0) is 4.74 Å². The van der Waals surface area contributed by atoms with Crippen LogP contribution < -0.4 is 15.4 Å². The van der Waals surface area contributed by atoms with E-state index in [2.05, 4.69) is 15.6 Å². The van der Waals surface area contributed by atoms with Crippen LogP contribution >= 0.6 is 11.6 Å². The molecule has 1 atom stereocenters. The Bertz CT molecular complexity index is 828. The lowest BCUT2D eigenvalue weighted by Gasteiger charge is -2.22. The van der Waals surface area contributed by atoms with Gasteiger partial charge in [-0.25, -0.2) is 0 Å². The number of halogens is 1. The Morgan fingerprint density at radius 3 is 2.54 bits per heavy atom. The summed E-state index contributed by atoms with van der Waals surface area (Å²) in [5.41, 5.74) is 1.39. The first-order valence-corrected chi connectivity index (χ1v) is 9.61. The highest BCUT2D eigenvalue weighted by Gasteiger charge is 2.23. The van der Waals surface area contributed by atoms with Crippen LogP contribution in [0.25, 0.3) is 0 Å². The third-order valence-electron chi connectivity index (χ3n) is 4.68. The number of rotatable bonds is 6. The molecule has 0 bridgehead atoms. The second-order valence-corrected chi connectivity index (χ2v) is 7.11. The quantitative estimate of drug-likeness (QED) is 0.688. The largest absolute Gasteiger partial charge is 0.484 e. The van der Waals surface area contributed by atoms with Crippen LogP contribution in [0.2, 0.25) is 5.02 Å². The third kappa shape index (κ3) is 4.85. The molecule has 28 heavy (non-hydrogen) atoms. The third-order valence-corrected chi connectivity index (χ3v) is 4.93. The van der Waals surface area contributed by atoms with Crippen LogP contribution in [-0.4, -0.2) is 43.1 Å². The van der Waals surface area contributed by atoms with Gasteiger partial charge in [0.1, 0.15) is 17.5 Å². The van der Waals surface area contributed by atoms with E-state index in [0.717, 1.165) is 18.4 Å². The summed E-state index contributed by atoms with van der Waals surface area (Å²) in [4.78, 5) is 27.7. The highest BCUT2D eigenvalue weighted by Crippen LogP contribution is 2.27. The standard InChI is InChI=1S/C20H24ClN3O4/c1-12(13-3-5-14(21)6-4-13)28-17-11-16(24-18(17)20(26)22-2)19(25)23-15-7-9-27-10-8-15/h3-6,11-12,15,24H,7-10H2,1-2H3,(H,22,26)(H,23,25). The molecule has 2 heterocycles. The van der Waals surface area contributed by atoms with Crippen molar-refractivity contribution in [2.45, 2.75) is 31.9 Å². The molecule has 1 aliphatic rings. The molecular weight excluding hydrogens is 382 g/mol. The van der Waals surface area contributed by atoms with Crippen molar-refractivity contribution < 1.29 is 19.1 Å². The van der Waals surface area contributed by atoms with Crippen LogP contribution in [0.1, 0.15) is 52.4 Å². The van der Waals surface area contributed by atoms with Gasteiger partial charge in [0.25, 0.3) is 11.8 Å². The number of nitrogens with one attached hydrogen (secondary N) is 3. The second kappa shape index (κ2) is 9.12. The topological polar surface area (TPSA) is 92.5 Å². The van der Waals surface area contributed by atoms with Gasteiger partial charge in [0, 0.05) is 37.4 Å². The summed E-state index contributed by atoms with van der Waals surface area (Å²) in [5.74, 6) is -0.312. The Hall–Kier alpha value is -2.51. The van der Waals surface area contributed by atoms with Crippen molar-refractivity contribution in [1.29, 1.82) is 0 Å². The first-order valence-electron chi connectivity index (χ1n) is 9.23. The van der Waals surface area contributed by atoms with Gasteiger partial charge in [0.05, 0.1) is 0 Å². The fraction of sp³-hybridized carbons (Fsp3) is 0.400. The zero-order chi connectivity index (χ0) is 20.1. The Kier molecular flexibility index (Phi) is 6.59. The molecule has 0 spiro atoms. The number of aromatic amines is 1. The normalized spacial score (nSPS) is 15.7. The number of amides is 2. The van der Waals surface area contributed by atoms with Crippen molar-refractivity contribution in [3.63, 3.8) is 0 Å². The van der Waals surface area contributed by atoms with E-state index in [1.165, 1.54) is 7.05 Å². The van der Waals surface area contributed by atoms with E-state index in [-0.39, 0.29) is 35.3 Å². The summed E-state index contributed by atoms with van der Waals surface area (Å²) >= 11 is 5.93. The molecule has 150 valence electrons. The lowest BCUT2D eigenvalue weighted by atomic mass is 10.1. The summed E-state index contributed by atoms with van der Waals surface area (Å²) in [5, 5.41) is 6.17. The van der Waals surface area contributed by atoms with Gasteiger partial charge in [0.15, 0.2) is 5.75 Å². The van der Waals surface area contributed by atoms with Gasteiger partial charge >= 0.3 is 0 Å². The predicted molar refractivity (Wildman–Crippen MR) is 106 cm³/mol. The molecule has 0 saturated carbocycles. The second-order valence-electron chi connectivity index (χ2n) is 6.67. The minimum absolute atomic E-state index is 0.0605. The molecule has 2 aromatic rings. The Labute approximate surface area is 168 Å². The lowest BCUT2D eigenvalue weighted by molar-refractivity contribution is 0.0694. The van der Waals surface area contributed by atoms with Crippen LogP contribution in [0, 0.1) is 0 Å². The molecule has 1 aromatic heterocycles. The molecule has 0 aliphatic carbocycles. The van der Waals surface area contributed by atoms with Crippen molar-refractivity contribution >= 4 is 23.4 Å². The predicted octanol–water partition coefficient (Wildman–Crippen LogP) is 3.08. The van der Waals surface area contributed by atoms with E-state index in [0.29, 0.717) is 24.0 Å². The molecule has 1 fully saturated rings. The van der Waals surface area contributed by atoms with Crippen molar-refractivity contribution in [1.82, 2.24) is 15.6 Å². The maximum atomic E-state index is 12.6. The molecule has 3 N–H and O–H groups in total. The van der Waals surface area contributed by atoms with E-state index >= 15 is 0 Å². The highest BCUT2D eigenvalue weighted by atomic mass is 35.5. The molecule has 0 radical (unpaired) electrons. The first-order chi connectivity index (χ1) is 13.5. The number of H-pyrrole nitrogens is 1. The molecule has 3 rings (SSSR count). The molecule has 1 aliphatic heterocycles. The minimum atomic E-state index is -0.358.